The van der Waals surface area contributed by atoms with E-state index >= 15 is 0 Å². The highest BCUT2D eigenvalue weighted by molar-refractivity contribution is 8.00. The van der Waals surface area contributed by atoms with Gasteiger partial charge >= 0.3 is 5.97 Å². The van der Waals surface area contributed by atoms with Crippen molar-refractivity contribution in [3.63, 3.8) is 0 Å². The van der Waals surface area contributed by atoms with Crippen molar-refractivity contribution < 1.29 is 14.3 Å². The number of amides is 1. The van der Waals surface area contributed by atoms with Gasteiger partial charge in [0.2, 0.25) is 5.91 Å². The van der Waals surface area contributed by atoms with Gasteiger partial charge in [0.1, 0.15) is 6.04 Å². The molecule has 5 heteroatoms. The van der Waals surface area contributed by atoms with E-state index < -0.39 is 6.04 Å². The molecule has 0 aliphatic rings. The van der Waals surface area contributed by atoms with Crippen LogP contribution in [0.5, 0.6) is 0 Å². The minimum absolute atomic E-state index is 0.148. The minimum atomic E-state index is -0.538. The topological polar surface area (TPSA) is 55.4 Å². The Balaban J connectivity index is 2.43. The van der Waals surface area contributed by atoms with Crippen LogP contribution in [0.2, 0.25) is 0 Å². The molecule has 0 saturated carbocycles. The van der Waals surface area contributed by atoms with Crippen LogP contribution in [0.25, 0.3) is 0 Å². The molecule has 1 N–H and O–H groups in total. The zero-order valence-electron chi connectivity index (χ0n) is 11.9. The van der Waals surface area contributed by atoms with Gasteiger partial charge in [0.25, 0.3) is 0 Å². The molecular weight excluding hydrogens is 274 g/mol. The maximum Gasteiger partial charge on any atom is 0.328 e. The Kier molecular flexibility index (Phi) is 7.80. The highest BCUT2D eigenvalue weighted by Gasteiger charge is 2.20. The lowest BCUT2D eigenvalue weighted by atomic mass is 10.1. The lowest BCUT2D eigenvalue weighted by Gasteiger charge is -2.16. The van der Waals surface area contributed by atoms with Crippen molar-refractivity contribution in [2.45, 2.75) is 37.1 Å². The number of nitrogens with one attached hydrogen (secondary N) is 1. The van der Waals surface area contributed by atoms with E-state index in [2.05, 4.69) is 5.32 Å². The molecule has 1 aromatic rings. The summed E-state index contributed by atoms with van der Waals surface area (Å²) in [4.78, 5) is 24.5. The van der Waals surface area contributed by atoms with Crippen molar-refractivity contribution >= 4 is 23.6 Å². The summed E-state index contributed by atoms with van der Waals surface area (Å²) in [6.07, 6.45) is 2.47. The average Bonchev–Trinajstić information content (AvgIpc) is 2.49. The summed E-state index contributed by atoms with van der Waals surface area (Å²) in [7, 11) is 1.34. The van der Waals surface area contributed by atoms with E-state index in [1.165, 1.54) is 18.9 Å². The van der Waals surface area contributed by atoms with Gasteiger partial charge in [0, 0.05) is 4.90 Å². The molecule has 110 valence electrons. The monoisotopic (exact) mass is 295 g/mol. The first-order valence-electron chi connectivity index (χ1n) is 6.72. The summed E-state index contributed by atoms with van der Waals surface area (Å²) in [5, 5.41) is 2.74. The molecule has 1 aromatic carbocycles. The number of hydrogen-bond donors (Lipinski definition) is 1. The predicted octanol–water partition coefficient (Wildman–Crippen LogP) is 2.63. The number of carbonyl (C=O) groups is 2. The predicted molar refractivity (Wildman–Crippen MR) is 80.6 cm³/mol. The number of esters is 1. The van der Waals surface area contributed by atoms with Crippen LogP contribution in [0.1, 0.15) is 26.2 Å². The first-order chi connectivity index (χ1) is 9.67. The highest BCUT2D eigenvalue weighted by atomic mass is 32.2. The molecule has 1 unspecified atom stereocenters. The van der Waals surface area contributed by atoms with Crippen LogP contribution in [0.15, 0.2) is 35.2 Å². The van der Waals surface area contributed by atoms with Crippen molar-refractivity contribution in [2.24, 2.45) is 0 Å². The lowest BCUT2D eigenvalue weighted by Crippen LogP contribution is -2.42. The van der Waals surface area contributed by atoms with Crippen LogP contribution in [-0.4, -0.2) is 30.8 Å². The number of carbonyl (C=O) groups excluding carboxylic acids is 2. The quantitative estimate of drug-likeness (QED) is 0.592. The summed E-state index contributed by atoms with van der Waals surface area (Å²) in [6.45, 7) is 2.04. The van der Waals surface area contributed by atoms with E-state index in [1.54, 1.807) is 0 Å². The second-order valence-electron chi connectivity index (χ2n) is 4.39. The second-order valence-corrected chi connectivity index (χ2v) is 5.44. The van der Waals surface area contributed by atoms with Crippen molar-refractivity contribution in [1.82, 2.24) is 5.32 Å². The molecule has 1 rings (SSSR count). The Hall–Kier alpha value is -1.49. The number of thioether (sulfide) groups is 1. The lowest BCUT2D eigenvalue weighted by molar-refractivity contribution is -0.145. The molecule has 0 saturated heterocycles. The third-order valence-electron chi connectivity index (χ3n) is 2.78. The van der Waals surface area contributed by atoms with Gasteiger partial charge in [-0.05, 0) is 18.6 Å². The van der Waals surface area contributed by atoms with Gasteiger partial charge < -0.3 is 10.1 Å². The van der Waals surface area contributed by atoms with Crippen LogP contribution in [0.3, 0.4) is 0 Å². The third kappa shape index (κ3) is 6.10. The van der Waals surface area contributed by atoms with Crippen molar-refractivity contribution in [3.05, 3.63) is 30.3 Å². The van der Waals surface area contributed by atoms with Gasteiger partial charge in [0.05, 0.1) is 12.9 Å². The van der Waals surface area contributed by atoms with Crippen LogP contribution >= 0.6 is 11.8 Å². The zero-order chi connectivity index (χ0) is 14.8. The van der Waals surface area contributed by atoms with Gasteiger partial charge in [-0.15, -0.1) is 11.8 Å². The summed E-state index contributed by atoms with van der Waals surface area (Å²) in [5.74, 6) is -0.231. The fourth-order valence-electron chi connectivity index (χ4n) is 1.70. The standard InChI is InChI=1S/C15H21NO3S/c1-3-4-10-13(15(18)19-2)16-14(17)11-20-12-8-6-5-7-9-12/h5-9,13H,3-4,10-11H2,1-2H3,(H,16,17). The van der Waals surface area contributed by atoms with Crippen LogP contribution in [-0.2, 0) is 14.3 Å². The van der Waals surface area contributed by atoms with E-state index in [-0.39, 0.29) is 11.9 Å². The van der Waals surface area contributed by atoms with Crippen molar-refractivity contribution in [1.29, 1.82) is 0 Å². The average molecular weight is 295 g/mol. The Labute approximate surface area is 124 Å². The number of unbranched alkanes of at least 4 members (excludes halogenated alkanes) is 1. The molecule has 0 heterocycles. The first kappa shape index (κ1) is 16.6. The smallest absolute Gasteiger partial charge is 0.328 e. The minimum Gasteiger partial charge on any atom is -0.467 e. The Morgan fingerprint density at radius 2 is 2.00 bits per heavy atom. The first-order valence-corrected chi connectivity index (χ1v) is 7.71. The van der Waals surface area contributed by atoms with Gasteiger partial charge in [-0.25, -0.2) is 4.79 Å². The number of rotatable bonds is 8. The molecule has 0 bridgehead atoms. The molecule has 4 nitrogen and oxygen atoms in total. The van der Waals surface area contributed by atoms with E-state index in [1.807, 2.05) is 37.3 Å². The number of ether oxygens (including phenoxy) is 1. The molecule has 0 radical (unpaired) electrons. The number of methoxy groups -OCH3 is 1. The van der Waals surface area contributed by atoms with E-state index in [0.717, 1.165) is 17.7 Å². The Bertz CT molecular complexity index is 422. The summed E-state index contributed by atoms with van der Waals surface area (Å²) >= 11 is 1.45. The Morgan fingerprint density at radius 3 is 2.60 bits per heavy atom. The Morgan fingerprint density at radius 1 is 1.30 bits per heavy atom. The molecule has 0 fully saturated rings. The van der Waals surface area contributed by atoms with Gasteiger partial charge in [-0.1, -0.05) is 38.0 Å². The maximum absolute atomic E-state index is 11.9. The largest absolute Gasteiger partial charge is 0.467 e. The van der Waals surface area contributed by atoms with Crippen LogP contribution in [0.4, 0.5) is 0 Å². The van der Waals surface area contributed by atoms with E-state index in [4.69, 9.17) is 4.74 Å². The molecule has 20 heavy (non-hydrogen) atoms. The molecule has 1 amide bonds. The molecular formula is C15H21NO3S. The molecule has 0 aliphatic heterocycles. The van der Waals surface area contributed by atoms with Gasteiger partial charge in [-0.2, -0.15) is 0 Å². The summed E-state index contributed by atoms with van der Waals surface area (Å²) in [5.41, 5.74) is 0. The van der Waals surface area contributed by atoms with Crippen LogP contribution in [0, 0.1) is 0 Å². The normalized spacial score (nSPS) is 11.7. The van der Waals surface area contributed by atoms with Gasteiger partial charge in [-0.3, -0.25) is 4.79 Å². The number of benzene rings is 1. The van der Waals surface area contributed by atoms with E-state index in [0.29, 0.717) is 12.2 Å². The maximum atomic E-state index is 11.9. The SMILES string of the molecule is CCCCC(NC(=O)CSc1ccccc1)C(=O)OC. The summed E-state index contributed by atoms with van der Waals surface area (Å²) in [6, 6.07) is 9.16. The van der Waals surface area contributed by atoms with Crippen LogP contribution < -0.4 is 5.32 Å². The zero-order valence-corrected chi connectivity index (χ0v) is 12.7. The molecule has 0 aromatic heterocycles. The fraction of sp³-hybridized carbons (Fsp3) is 0.467. The highest BCUT2D eigenvalue weighted by Crippen LogP contribution is 2.16. The van der Waals surface area contributed by atoms with Crippen molar-refractivity contribution in [2.75, 3.05) is 12.9 Å². The molecule has 0 aliphatic carbocycles. The molecule has 0 spiro atoms. The van der Waals surface area contributed by atoms with E-state index in [9.17, 15) is 9.59 Å². The van der Waals surface area contributed by atoms with Gasteiger partial charge in [0.15, 0.2) is 0 Å². The second kappa shape index (κ2) is 9.42. The summed E-state index contributed by atoms with van der Waals surface area (Å²) < 4.78 is 4.71. The number of hydrogen-bond acceptors (Lipinski definition) is 4. The fourth-order valence-corrected chi connectivity index (χ4v) is 2.43. The van der Waals surface area contributed by atoms with Crippen molar-refractivity contribution in [3.8, 4) is 0 Å². The third-order valence-corrected chi connectivity index (χ3v) is 3.79. The molecule has 1 atom stereocenters.